The summed E-state index contributed by atoms with van der Waals surface area (Å²) >= 11 is 12.3. The highest BCUT2D eigenvalue weighted by Crippen LogP contribution is 2.28. The van der Waals surface area contributed by atoms with Gasteiger partial charge in [-0.1, -0.05) is 23.2 Å². The van der Waals surface area contributed by atoms with Crippen LogP contribution in [0, 0.1) is 12.3 Å². The molecular formula is C24H25Cl2N5O2. The molecule has 1 saturated heterocycles. The molecule has 7 nitrogen and oxygen atoms in total. The van der Waals surface area contributed by atoms with Crippen molar-refractivity contribution in [3.05, 3.63) is 75.2 Å². The number of nitrogens with zero attached hydrogens (tertiary/aromatic N) is 2. The summed E-state index contributed by atoms with van der Waals surface area (Å²) in [4.78, 5) is 8.51. The zero-order valence-corrected chi connectivity index (χ0v) is 19.7. The van der Waals surface area contributed by atoms with Crippen LogP contribution < -0.4 is 15.8 Å². The lowest BCUT2D eigenvalue weighted by Gasteiger charge is -2.24. The molecule has 3 aromatic rings. The number of halogens is 2. The molecule has 1 fully saturated rings. The molecule has 0 spiro atoms. The van der Waals surface area contributed by atoms with Crippen molar-refractivity contribution in [2.24, 2.45) is 0 Å². The molecule has 0 aliphatic carbocycles. The first kappa shape index (κ1) is 23.3. The molecule has 9 heteroatoms. The van der Waals surface area contributed by atoms with Crippen molar-refractivity contribution >= 4 is 40.4 Å². The van der Waals surface area contributed by atoms with E-state index in [0.717, 1.165) is 37.4 Å². The van der Waals surface area contributed by atoms with E-state index in [2.05, 4.69) is 15.3 Å². The molecule has 1 aromatic carbocycles. The van der Waals surface area contributed by atoms with Gasteiger partial charge in [-0.3, -0.25) is 10.4 Å². The Morgan fingerprint density at radius 1 is 1.18 bits per heavy atom. The highest BCUT2D eigenvalue weighted by molar-refractivity contribution is 6.35. The van der Waals surface area contributed by atoms with Crippen molar-refractivity contribution in [1.29, 1.82) is 5.41 Å². The van der Waals surface area contributed by atoms with E-state index in [0.29, 0.717) is 44.2 Å². The normalized spacial score (nSPS) is 14.2. The smallest absolute Gasteiger partial charge is 0.129 e. The van der Waals surface area contributed by atoms with Gasteiger partial charge in [0, 0.05) is 60.2 Å². The summed E-state index contributed by atoms with van der Waals surface area (Å²) in [5, 5.41) is 13.1. The second kappa shape index (κ2) is 10.4. The van der Waals surface area contributed by atoms with Crippen LogP contribution in [0.4, 0.5) is 11.5 Å². The van der Waals surface area contributed by atoms with E-state index < -0.39 is 0 Å². The third kappa shape index (κ3) is 5.55. The Balaban J connectivity index is 1.50. The van der Waals surface area contributed by atoms with Gasteiger partial charge < -0.3 is 20.5 Å². The van der Waals surface area contributed by atoms with Crippen molar-refractivity contribution in [2.45, 2.75) is 32.4 Å². The molecule has 3 heterocycles. The minimum atomic E-state index is 0.171. The quantitative estimate of drug-likeness (QED) is 0.311. The number of benzene rings is 1. The number of ether oxygens (including phenoxy) is 2. The number of hydrogen-bond acceptors (Lipinski definition) is 7. The van der Waals surface area contributed by atoms with Gasteiger partial charge in [-0.15, -0.1) is 0 Å². The van der Waals surface area contributed by atoms with Crippen LogP contribution in [0.2, 0.25) is 10.0 Å². The molecule has 1 aliphatic heterocycles. The molecule has 0 amide bonds. The van der Waals surface area contributed by atoms with Gasteiger partial charge in [-0.05, 0) is 49.6 Å². The topological polar surface area (TPSA) is 106 Å². The molecule has 33 heavy (non-hydrogen) atoms. The first-order chi connectivity index (χ1) is 15.9. The Morgan fingerprint density at radius 2 is 1.91 bits per heavy atom. The zero-order chi connectivity index (χ0) is 23.4. The maximum absolute atomic E-state index is 8.73. The van der Waals surface area contributed by atoms with Gasteiger partial charge in [0.1, 0.15) is 18.2 Å². The summed E-state index contributed by atoms with van der Waals surface area (Å²) < 4.78 is 11.3. The van der Waals surface area contributed by atoms with Crippen LogP contribution >= 0.6 is 23.2 Å². The fraction of sp³-hybridized carbons (Fsp3) is 0.292. The average Bonchev–Trinajstić information content (AvgIpc) is 2.81. The number of pyridine rings is 2. The van der Waals surface area contributed by atoms with Gasteiger partial charge in [0.2, 0.25) is 0 Å². The van der Waals surface area contributed by atoms with E-state index in [9.17, 15) is 0 Å². The van der Waals surface area contributed by atoms with Gasteiger partial charge >= 0.3 is 0 Å². The Kier molecular flexibility index (Phi) is 7.33. The number of aromatic nitrogens is 2. The van der Waals surface area contributed by atoms with Crippen LogP contribution in [0.25, 0.3) is 0 Å². The standard InChI is InChI=1S/C24H25Cl2N5O2/c1-14-8-15(10-30-24(14)31-16-4-6-32-7-5-16)23(28)18-9-17(2-3-22(18)27)33-13-19-20(25)11-29-12-21(19)26/h2-3,8-12,16,28H,4-7,13,27H2,1H3,(H,30,31). The largest absolute Gasteiger partial charge is 0.489 e. The number of nitrogens with one attached hydrogen (secondary N) is 2. The lowest BCUT2D eigenvalue weighted by molar-refractivity contribution is 0.0904. The summed E-state index contributed by atoms with van der Waals surface area (Å²) in [6.07, 6.45) is 6.65. The van der Waals surface area contributed by atoms with Crippen LogP contribution in [0.3, 0.4) is 0 Å². The summed E-state index contributed by atoms with van der Waals surface area (Å²) in [7, 11) is 0. The number of rotatable bonds is 7. The van der Waals surface area contributed by atoms with Gasteiger partial charge in [0.15, 0.2) is 0 Å². The van der Waals surface area contributed by atoms with E-state index in [-0.39, 0.29) is 12.3 Å². The van der Waals surface area contributed by atoms with Crippen LogP contribution in [-0.2, 0) is 11.3 Å². The van der Waals surface area contributed by atoms with Crippen LogP contribution in [0.15, 0.2) is 42.9 Å². The number of hydrogen-bond donors (Lipinski definition) is 3. The van der Waals surface area contributed by atoms with E-state index in [1.807, 2.05) is 13.0 Å². The minimum absolute atomic E-state index is 0.171. The van der Waals surface area contributed by atoms with E-state index in [1.165, 1.54) is 12.4 Å². The molecule has 0 radical (unpaired) electrons. The van der Waals surface area contributed by atoms with Crippen LogP contribution in [0.1, 0.15) is 35.1 Å². The fourth-order valence-corrected chi connectivity index (χ4v) is 4.10. The Morgan fingerprint density at radius 3 is 2.61 bits per heavy atom. The second-order valence-electron chi connectivity index (χ2n) is 7.91. The Hall–Kier alpha value is -2.87. The molecule has 4 N–H and O–H groups in total. The Labute approximate surface area is 202 Å². The second-order valence-corrected chi connectivity index (χ2v) is 8.73. The highest BCUT2D eigenvalue weighted by atomic mass is 35.5. The van der Waals surface area contributed by atoms with Crippen LogP contribution in [0.5, 0.6) is 5.75 Å². The summed E-state index contributed by atoms with van der Waals surface area (Å²) in [5.41, 5.74) is 9.79. The van der Waals surface area contributed by atoms with Crippen molar-refractivity contribution in [1.82, 2.24) is 9.97 Å². The zero-order valence-electron chi connectivity index (χ0n) is 18.2. The monoisotopic (exact) mass is 485 g/mol. The number of anilines is 2. The highest BCUT2D eigenvalue weighted by Gasteiger charge is 2.17. The molecule has 4 rings (SSSR count). The van der Waals surface area contributed by atoms with Crippen molar-refractivity contribution in [3.63, 3.8) is 0 Å². The Bertz CT molecular complexity index is 1150. The van der Waals surface area contributed by atoms with Crippen LogP contribution in [-0.4, -0.2) is 34.9 Å². The van der Waals surface area contributed by atoms with Crippen molar-refractivity contribution < 1.29 is 9.47 Å². The molecule has 0 saturated carbocycles. The molecule has 0 atom stereocenters. The lowest BCUT2D eigenvalue weighted by atomic mass is 10.0. The maximum atomic E-state index is 8.73. The summed E-state index contributed by atoms with van der Waals surface area (Å²) in [5.74, 6) is 1.38. The molecule has 0 unspecified atom stereocenters. The predicted octanol–water partition coefficient (Wildman–Crippen LogP) is 5.26. The van der Waals surface area contributed by atoms with E-state index in [1.54, 1.807) is 24.4 Å². The third-order valence-electron chi connectivity index (χ3n) is 5.56. The fourth-order valence-electron chi connectivity index (χ4n) is 3.63. The van der Waals surface area contributed by atoms with E-state index in [4.69, 9.17) is 43.8 Å². The summed E-state index contributed by atoms with van der Waals surface area (Å²) in [6.45, 7) is 3.67. The van der Waals surface area contributed by atoms with Crippen molar-refractivity contribution in [2.75, 3.05) is 24.3 Å². The van der Waals surface area contributed by atoms with Gasteiger partial charge in [0.25, 0.3) is 0 Å². The number of nitrogens with two attached hydrogens (primary N) is 1. The number of aryl methyl sites for hydroxylation is 1. The van der Waals surface area contributed by atoms with Crippen molar-refractivity contribution in [3.8, 4) is 5.75 Å². The van der Waals surface area contributed by atoms with Gasteiger partial charge in [-0.25, -0.2) is 4.98 Å². The molecule has 2 aromatic heterocycles. The van der Waals surface area contributed by atoms with E-state index >= 15 is 0 Å². The summed E-state index contributed by atoms with van der Waals surface area (Å²) in [6, 6.07) is 7.50. The molecule has 172 valence electrons. The predicted molar refractivity (Wildman–Crippen MR) is 132 cm³/mol. The molecular weight excluding hydrogens is 461 g/mol. The minimum Gasteiger partial charge on any atom is -0.489 e. The first-order valence-electron chi connectivity index (χ1n) is 10.6. The average molecular weight is 486 g/mol. The SMILES string of the molecule is Cc1cc(C(=N)c2cc(OCc3c(Cl)cncc3Cl)ccc2N)cnc1NC1CCOCC1. The lowest BCUT2D eigenvalue weighted by Crippen LogP contribution is -2.28. The molecule has 1 aliphatic rings. The third-order valence-corrected chi connectivity index (χ3v) is 6.21. The maximum Gasteiger partial charge on any atom is 0.129 e. The van der Waals surface area contributed by atoms with Gasteiger partial charge in [-0.2, -0.15) is 0 Å². The number of nitrogen functional groups attached to an aromatic ring is 1. The molecule has 0 bridgehead atoms. The van der Waals surface area contributed by atoms with Gasteiger partial charge in [0.05, 0.1) is 15.8 Å². The first-order valence-corrected chi connectivity index (χ1v) is 11.4.